The van der Waals surface area contributed by atoms with Crippen molar-refractivity contribution in [1.29, 1.82) is 0 Å². The van der Waals surface area contributed by atoms with Crippen LogP contribution in [0.1, 0.15) is 36.9 Å². The first kappa shape index (κ1) is 17.2. The van der Waals surface area contributed by atoms with Crippen LogP contribution in [0.4, 0.5) is 0 Å². The Morgan fingerprint density at radius 1 is 1.25 bits per heavy atom. The summed E-state index contributed by atoms with van der Waals surface area (Å²) >= 11 is 0. The molecule has 0 unspecified atom stereocenters. The normalized spacial score (nSPS) is 16.4. The van der Waals surface area contributed by atoms with Gasteiger partial charge in [0.05, 0.1) is 0 Å². The maximum absolute atomic E-state index is 6.07. The summed E-state index contributed by atoms with van der Waals surface area (Å²) in [5, 5.41) is 0. The second-order valence-corrected chi connectivity index (χ2v) is 5.20. The van der Waals surface area contributed by atoms with Crippen LogP contribution in [-0.2, 0) is 6.42 Å². The maximum Gasteiger partial charge on any atom is 0.191 e. The van der Waals surface area contributed by atoms with Crippen molar-refractivity contribution in [1.82, 2.24) is 9.88 Å². The van der Waals surface area contributed by atoms with Gasteiger partial charge in [0.25, 0.3) is 0 Å². The Labute approximate surface area is 138 Å². The average molecular weight is 388 g/mol. The zero-order chi connectivity index (χ0) is 13.5. The van der Waals surface area contributed by atoms with Gasteiger partial charge in [-0.1, -0.05) is 18.9 Å². The van der Waals surface area contributed by atoms with Crippen molar-refractivity contribution in [3.05, 3.63) is 29.6 Å². The topological polar surface area (TPSA) is 54.5 Å². The molecule has 0 aliphatic carbocycles. The predicted octanol–water partition coefficient (Wildman–Crippen LogP) is 2.74. The van der Waals surface area contributed by atoms with Gasteiger partial charge in [-0.2, -0.15) is 0 Å². The Kier molecular flexibility index (Phi) is 7.87. The molecule has 112 valence electrons. The van der Waals surface area contributed by atoms with E-state index in [9.17, 15) is 0 Å². The summed E-state index contributed by atoms with van der Waals surface area (Å²) in [4.78, 5) is 11.0. The molecule has 5 heteroatoms. The van der Waals surface area contributed by atoms with Gasteiger partial charge in [0.1, 0.15) is 0 Å². The van der Waals surface area contributed by atoms with Crippen molar-refractivity contribution in [2.24, 2.45) is 10.7 Å². The van der Waals surface area contributed by atoms with Crippen LogP contribution in [0.5, 0.6) is 0 Å². The minimum absolute atomic E-state index is 0. The second-order valence-electron chi connectivity index (χ2n) is 5.20. The van der Waals surface area contributed by atoms with Crippen LogP contribution in [-0.4, -0.2) is 35.5 Å². The predicted molar refractivity (Wildman–Crippen MR) is 94.6 cm³/mol. The molecule has 0 spiro atoms. The van der Waals surface area contributed by atoms with Crippen molar-refractivity contribution in [3.63, 3.8) is 0 Å². The van der Waals surface area contributed by atoms with E-state index in [4.69, 9.17) is 5.73 Å². The van der Waals surface area contributed by atoms with E-state index in [2.05, 4.69) is 20.9 Å². The molecular weight excluding hydrogens is 363 g/mol. The lowest BCUT2D eigenvalue weighted by Crippen LogP contribution is -2.38. The van der Waals surface area contributed by atoms with E-state index in [0.717, 1.165) is 31.7 Å². The number of likely N-dealkylation sites (tertiary alicyclic amines) is 1. The van der Waals surface area contributed by atoms with E-state index >= 15 is 0 Å². The zero-order valence-electron chi connectivity index (χ0n) is 12.2. The molecule has 20 heavy (non-hydrogen) atoms. The number of aryl methyl sites for hydroxylation is 1. The van der Waals surface area contributed by atoms with Crippen molar-refractivity contribution in [2.45, 2.75) is 39.0 Å². The third kappa shape index (κ3) is 5.64. The molecule has 4 nitrogen and oxygen atoms in total. The Bertz CT molecular complexity index is 408. The number of rotatable bonds is 3. The lowest BCUT2D eigenvalue weighted by Gasteiger charge is -2.21. The van der Waals surface area contributed by atoms with Crippen LogP contribution in [0.3, 0.4) is 0 Å². The lowest BCUT2D eigenvalue weighted by atomic mass is 10.2. The molecule has 0 radical (unpaired) electrons. The number of aromatic nitrogens is 1. The summed E-state index contributed by atoms with van der Waals surface area (Å²) in [6.07, 6.45) is 7.93. The molecule has 1 aliphatic heterocycles. The van der Waals surface area contributed by atoms with Gasteiger partial charge in [-0.3, -0.25) is 9.98 Å². The smallest absolute Gasteiger partial charge is 0.191 e. The fraction of sp³-hybridized carbons (Fsp3) is 0.600. The van der Waals surface area contributed by atoms with E-state index in [1.54, 1.807) is 0 Å². The first-order chi connectivity index (χ1) is 9.25. The minimum Gasteiger partial charge on any atom is -0.370 e. The van der Waals surface area contributed by atoms with Gasteiger partial charge in [0.15, 0.2) is 5.96 Å². The molecule has 0 atom stereocenters. The molecule has 0 amide bonds. The van der Waals surface area contributed by atoms with Crippen molar-refractivity contribution < 1.29 is 0 Å². The average Bonchev–Trinajstić information content (AvgIpc) is 2.70. The first-order valence-electron chi connectivity index (χ1n) is 7.22. The van der Waals surface area contributed by atoms with Crippen LogP contribution in [0.2, 0.25) is 0 Å². The fourth-order valence-electron chi connectivity index (χ4n) is 2.35. The van der Waals surface area contributed by atoms with Crippen molar-refractivity contribution in [2.75, 3.05) is 19.6 Å². The van der Waals surface area contributed by atoms with E-state index in [-0.39, 0.29) is 24.0 Å². The quantitative estimate of drug-likeness (QED) is 0.492. The molecule has 2 heterocycles. The number of hydrogen-bond donors (Lipinski definition) is 1. The van der Waals surface area contributed by atoms with Gasteiger partial charge < -0.3 is 10.6 Å². The summed E-state index contributed by atoms with van der Waals surface area (Å²) in [7, 11) is 0. The van der Waals surface area contributed by atoms with Crippen LogP contribution < -0.4 is 5.73 Å². The zero-order valence-corrected chi connectivity index (χ0v) is 14.5. The van der Waals surface area contributed by atoms with Crippen LogP contribution in [0.25, 0.3) is 0 Å². The highest BCUT2D eigenvalue weighted by Gasteiger charge is 2.10. The number of hydrogen-bond acceptors (Lipinski definition) is 2. The van der Waals surface area contributed by atoms with Gasteiger partial charge in [-0.05, 0) is 37.8 Å². The van der Waals surface area contributed by atoms with Gasteiger partial charge in [0, 0.05) is 31.5 Å². The highest BCUT2D eigenvalue weighted by molar-refractivity contribution is 14.0. The Balaban J connectivity index is 0.00000200. The summed E-state index contributed by atoms with van der Waals surface area (Å²) < 4.78 is 0. The molecule has 1 saturated heterocycles. The number of halogens is 1. The molecular formula is C15H25IN4. The van der Waals surface area contributed by atoms with Gasteiger partial charge in [0.2, 0.25) is 0 Å². The molecule has 0 saturated carbocycles. The molecule has 1 aromatic rings. The first-order valence-corrected chi connectivity index (χ1v) is 7.22. The molecule has 0 bridgehead atoms. The standard InChI is InChI=1S/C15H24N4.HI/c1-13-6-7-14(12-18-13)8-9-17-15(16)19-10-4-2-3-5-11-19;/h6-7,12H,2-5,8-11H2,1H3,(H2,16,17);1H. The number of aliphatic imine (C=N–C) groups is 1. The van der Waals surface area contributed by atoms with E-state index in [1.807, 2.05) is 19.2 Å². The van der Waals surface area contributed by atoms with Crippen molar-refractivity contribution in [3.8, 4) is 0 Å². The molecule has 2 rings (SSSR count). The third-order valence-electron chi connectivity index (χ3n) is 3.58. The minimum atomic E-state index is 0. The maximum atomic E-state index is 6.07. The Hall–Kier alpha value is -0.850. The second kappa shape index (κ2) is 9.15. The number of nitrogens with zero attached hydrogens (tertiary/aromatic N) is 3. The molecule has 1 aromatic heterocycles. The summed E-state index contributed by atoms with van der Waals surface area (Å²) in [6, 6.07) is 4.15. The molecule has 1 fully saturated rings. The van der Waals surface area contributed by atoms with Gasteiger partial charge in [-0.15, -0.1) is 24.0 Å². The van der Waals surface area contributed by atoms with Crippen LogP contribution in [0, 0.1) is 6.92 Å². The molecule has 1 aliphatic rings. The highest BCUT2D eigenvalue weighted by Crippen LogP contribution is 2.09. The fourth-order valence-corrected chi connectivity index (χ4v) is 2.35. The van der Waals surface area contributed by atoms with Crippen molar-refractivity contribution >= 4 is 29.9 Å². The van der Waals surface area contributed by atoms with Crippen LogP contribution in [0.15, 0.2) is 23.3 Å². The highest BCUT2D eigenvalue weighted by atomic mass is 127. The Morgan fingerprint density at radius 3 is 2.55 bits per heavy atom. The molecule has 0 aromatic carbocycles. The summed E-state index contributed by atoms with van der Waals surface area (Å²) in [5.74, 6) is 0.710. The van der Waals surface area contributed by atoms with E-state index in [0.29, 0.717) is 5.96 Å². The lowest BCUT2D eigenvalue weighted by molar-refractivity contribution is 0.428. The Morgan fingerprint density at radius 2 is 1.95 bits per heavy atom. The largest absolute Gasteiger partial charge is 0.370 e. The third-order valence-corrected chi connectivity index (χ3v) is 3.58. The van der Waals surface area contributed by atoms with Gasteiger partial charge in [-0.25, -0.2) is 0 Å². The number of pyridine rings is 1. The van der Waals surface area contributed by atoms with Gasteiger partial charge >= 0.3 is 0 Å². The number of nitrogens with two attached hydrogens (primary N) is 1. The molecule has 2 N–H and O–H groups in total. The van der Waals surface area contributed by atoms with E-state index < -0.39 is 0 Å². The monoisotopic (exact) mass is 388 g/mol. The van der Waals surface area contributed by atoms with Crippen LogP contribution >= 0.6 is 24.0 Å². The van der Waals surface area contributed by atoms with E-state index in [1.165, 1.54) is 31.2 Å². The SMILES string of the molecule is Cc1ccc(CCN=C(N)N2CCCCCC2)cn1.I. The number of guanidine groups is 1. The summed E-state index contributed by atoms with van der Waals surface area (Å²) in [6.45, 7) is 4.86. The summed E-state index contributed by atoms with van der Waals surface area (Å²) in [5.41, 5.74) is 8.34.